The standard InChI is InChI=1S/C13H9F2NO3S/c1-20-9-3-5-13(11(7-9)16(17)18)19-12-4-2-8(14)6-10(12)15/h2-7H,1H3. The van der Waals surface area contributed by atoms with Crippen LogP contribution < -0.4 is 4.74 Å². The first-order valence-electron chi connectivity index (χ1n) is 5.46. The van der Waals surface area contributed by atoms with Gasteiger partial charge in [0.05, 0.1) is 4.92 Å². The van der Waals surface area contributed by atoms with E-state index >= 15 is 0 Å². The quantitative estimate of drug-likeness (QED) is 0.477. The molecule has 7 heteroatoms. The average molecular weight is 297 g/mol. The van der Waals surface area contributed by atoms with Crippen LogP contribution in [0.4, 0.5) is 14.5 Å². The van der Waals surface area contributed by atoms with E-state index in [1.165, 1.54) is 23.9 Å². The summed E-state index contributed by atoms with van der Waals surface area (Å²) < 4.78 is 31.4. The fourth-order valence-electron chi connectivity index (χ4n) is 1.53. The first kappa shape index (κ1) is 14.3. The number of nitro groups is 1. The van der Waals surface area contributed by atoms with Gasteiger partial charge in [0.2, 0.25) is 5.75 Å². The zero-order valence-corrected chi connectivity index (χ0v) is 11.1. The molecule has 2 aromatic carbocycles. The van der Waals surface area contributed by atoms with Crippen molar-refractivity contribution in [2.45, 2.75) is 4.90 Å². The van der Waals surface area contributed by atoms with Crippen molar-refractivity contribution >= 4 is 17.4 Å². The molecule has 0 heterocycles. The van der Waals surface area contributed by atoms with Crippen LogP contribution in [0, 0.1) is 21.7 Å². The maximum atomic E-state index is 13.5. The minimum absolute atomic E-state index is 0.0988. The molecule has 20 heavy (non-hydrogen) atoms. The molecular weight excluding hydrogens is 288 g/mol. The molecule has 0 unspecified atom stereocenters. The Bertz CT molecular complexity index is 664. The van der Waals surface area contributed by atoms with Gasteiger partial charge in [0.1, 0.15) is 5.82 Å². The van der Waals surface area contributed by atoms with Crippen LogP contribution in [-0.4, -0.2) is 11.2 Å². The van der Waals surface area contributed by atoms with Crippen molar-refractivity contribution in [2.24, 2.45) is 0 Å². The Balaban J connectivity index is 2.40. The molecule has 4 nitrogen and oxygen atoms in total. The molecule has 0 saturated heterocycles. The molecule has 0 aromatic heterocycles. The van der Waals surface area contributed by atoms with Crippen molar-refractivity contribution in [3.63, 3.8) is 0 Å². The summed E-state index contributed by atoms with van der Waals surface area (Å²) in [5, 5.41) is 11.0. The molecule has 0 fully saturated rings. The smallest absolute Gasteiger partial charge is 0.312 e. The highest BCUT2D eigenvalue weighted by Gasteiger charge is 2.18. The molecule has 0 bridgehead atoms. The highest BCUT2D eigenvalue weighted by atomic mass is 32.2. The number of halogens is 2. The van der Waals surface area contributed by atoms with Crippen molar-refractivity contribution in [3.05, 3.63) is 58.1 Å². The number of ether oxygens (including phenoxy) is 1. The Kier molecular flexibility index (Phi) is 4.19. The molecule has 0 amide bonds. The summed E-state index contributed by atoms with van der Waals surface area (Å²) >= 11 is 1.34. The lowest BCUT2D eigenvalue weighted by molar-refractivity contribution is -0.385. The van der Waals surface area contributed by atoms with Gasteiger partial charge in [0, 0.05) is 17.0 Å². The third-order valence-electron chi connectivity index (χ3n) is 2.48. The van der Waals surface area contributed by atoms with Gasteiger partial charge in [-0.25, -0.2) is 8.78 Å². The summed E-state index contributed by atoms with van der Waals surface area (Å²) in [4.78, 5) is 11.1. The van der Waals surface area contributed by atoms with E-state index in [1.54, 1.807) is 12.3 Å². The molecule has 0 saturated carbocycles. The van der Waals surface area contributed by atoms with Crippen LogP contribution in [0.3, 0.4) is 0 Å². The summed E-state index contributed by atoms with van der Waals surface area (Å²) in [6, 6.07) is 7.08. The number of benzene rings is 2. The van der Waals surface area contributed by atoms with E-state index in [9.17, 15) is 18.9 Å². The van der Waals surface area contributed by atoms with Gasteiger partial charge >= 0.3 is 5.69 Å². The highest BCUT2D eigenvalue weighted by molar-refractivity contribution is 7.98. The van der Waals surface area contributed by atoms with Crippen molar-refractivity contribution < 1.29 is 18.4 Å². The Morgan fingerprint density at radius 2 is 1.85 bits per heavy atom. The Hall–Kier alpha value is -2.15. The van der Waals surface area contributed by atoms with E-state index in [-0.39, 0.29) is 17.2 Å². The molecule has 0 N–H and O–H groups in total. The first-order valence-corrected chi connectivity index (χ1v) is 6.69. The number of thioether (sulfide) groups is 1. The Morgan fingerprint density at radius 3 is 2.45 bits per heavy atom. The topological polar surface area (TPSA) is 52.4 Å². The van der Waals surface area contributed by atoms with Gasteiger partial charge in [-0.05, 0) is 30.5 Å². The summed E-state index contributed by atoms with van der Waals surface area (Å²) in [5.41, 5.74) is -0.277. The molecule has 0 atom stereocenters. The predicted molar refractivity (Wildman–Crippen MR) is 71.3 cm³/mol. The second-order valence-corrected chi connectivity index (χ2v) is 4.65. The summed E-state index contributed by atoms with van der Waals surface area (Å²) in [6.45, 7) is 0. The van der Waals surface area contributed by atoms with Gasteiger partial charge in [-0.1, -0.05) is 0 Å². The average Bonchev–Trinajstić information content (AvgIpc) is 2.42. The number of hydrogen-bond donors (Lipinski definition) is 0. The molecular formula is C13H9F2NO3S. The summed E-state index contributed by atoms with van der Waals surface area (Å²) in [5.74, 6) is -2.04. The van der Waals surface area contributed by atoms with Crippen LogP contribution in [0.15, 0.2) is 41.3 Å². The third kappa shape index (κ3) is 3.05. The van der Waals surface area contributed by atoms with Gasteiger partial charge < -0.3 is 4.74 Å². The van der Waals surface area contributed by atoms with Crippen LogP contribution >= 0.6 is 11.8 Å². The predicted octanol–water partition coefficient (Wildman–Crippen LogP) is 4.39. The third-order valence-corrected chi connectivity index (χ3v) is 3.20. The highest BCUT2D eigenvalue weighted by Crippen LogP contribution is 2.35. The van der Waals surface area contributed by atoms with E-state index in [4.69, 9.17) is 4.74 Å². The Morgan fingerprint density at radius 1 is 1.15 bits per heavy atom. The van der Waals surface area contributed by atoms with E-state index in [0.29, 0.717) is 11.0 Å². The molecule has 2 rings (SSSR count). The zero-order chi connectivity index (χ0) is 14.7. The second-order valence-electron chi connectivity index (χ2n) is 3.77. The van der Waals surface area contributed by atoms with Gasteiger partial charge in [-0.2, -0.15) is 0 Å². The SMILES string of the molecule is CSc1ccc(Oc2ccc(F)cc2F)c([N+](=O)[O-])c1. The molecule has 0 aliphatic rings. The largest absolute Gasteiger partial charge is 0.447 e. The minimum atomic E-state index is -0.923. The molecule has 0 radical (unpaired) electrons. The van der Waals surface area contributed by atoms with Gasteiger partial charge in [-0.15, -0.1) is 11.8 Å². The minimum Gasteiger partial charge on any atom is -0.447 e. The fraction of sp³-hybridized carbons (Fsp3) is 0.0769. The van der Waals surface area contributed by atoms with Crippen LogP contribution in [0.1, 0.15) is 0 Å². The number of nitro benzene ring substituents is 1. The normalized spacial score (nSPS) is 10.3. The van der Waals surface area contributed by atoms with Crippen molar-refractivity contribution in [1.82, 2.24) is 0 Å². The van der Waals surface area contributed by atoms with Crippen LogP contribution in [0.5, 0.6) is 11.5 Å². The first-order chi connectivity index (χ1) is 9.51. The lowest BCUT2D eigenvalue weighted by Crippen LogP contribution is -1.95. The maximum Gasteiger partial charge on any atom is 0.312 e. The van der Waals surface area contributed by atoms with E-state index in [1.807, 2.05) is 0 Å². The van der Waals surface area contributed by atoms with Gasteiger partial charge in [-0.3, -0.25) is 10.1 Å². The Labute approximate surface area is 117 Å². The van der Waals surface area contributed by atoms with Crippen molar-refractivity contribution in [2.75, 3.05) is 6.26 Å². The molecule has 2 aromatic rings. The van der Waals surface area contributed by atoms with Gasteiger partial charge in [0.25, 0.3) is 0 Å². The second kappa shape index (κ2) is 5.87. The van der Waals surface area contributed by atoms with E-state index in [2.05, 4.69) is 0 Å². The monoisotopic (exact) mass is 297 g/mol. The fourth-order valence-corrected chi connectivity index (χ4v) is 1.96. The van der Waals surface area contributed by atoms with Gasteiger partial charge in [0.15, 0.2) is 11.6 Å². The lowest BCUT2D eigenvalue weighted by Gasteiger charge is -2.08. The number of rotatable bonds is 4. The van der Waals surface area contributed by atoms with Crippen molar-refractivity contribution in [3.8, 4) is 11.5 Å². The summed E-state index contributed by atoms with van der Waals surface area (Å²) in [7, 11) is 0. The molecule has 0 aliphatic carbocycles. The van der Waals surface area contributed by atoms with Crippen LogP contribution in [-0.2, 0) is 0 Å². The van der Waals surface area contributed by atoms with E-state index < -0.39 is 16.6 Å². The number of nitrogens with zero attached hydrogens (tertiary/aromatic N) is 1. The van der Waals surface area contributed by atoms with Crippen LogP contribution in [0.25, 0.3) is 0 Å². The van der Waals surface area contributed by atoms with Crippen LogP contribution in [0.2, 0.25) is 0 Å². The van der Waals surface area contributed by atoms with Crippen molar-refractivity contribution in [1.29, 1.82) is 0 Å². The molecule has 0 aliphatic heterocycles. The summed E-state index contributed by atoms with van der Waals surface area (Å²) in [6.07, 6.45) is 1.78. The molecule has 104 valence electrons. The molecule has 0 spiro atoms. The maximum absolute atomic E-state index is 13.5. The lowest BCUT2D eigenvalue weighted by atomic mass is 10.3. The zero-order valence-electron chi connectivity index (χ0n) is 10.3. The number of hydrogen-bond acceptors (Lipinski definition) is 4. The van der Waals surface area contributed by atoms with E-state index in [0.717, 1.165) is 12.1 Å².